The van der Waals surface area contributed by atoms with Crippen molar-refractivity contribution < 1.29 is 0 Å². The van der Waals surface area contributed by atoms with E-state index in [0.29, 0.717) is 0 Å². The molecule has 9 aliphatic heterocycles. The predicted molar refractivity (Wildman–Crippen MR) is 396 cm³/mol. The van der Waals surface area contributed by atoms with Gasteiger partial charge in [0.05, 0.1) is 48.5 Å². The van der Waals surface area contributed by atoms with Crippen molar-refractivity contribution in [3.8, 4) is 0 Å². The Bertz CT molecular complexity index is 2910. The van der Waals surface area contributed by atoms with Gasteiger partial charge in [0.25, 0.3) is 0 Å². The molecule has 20 nitrogen and oxygen atoms in total. The first-order chi connectivity index (χ1) is 40.8. The third-order valence-electron chi connectivity index (χ3n) is 18.4. The summed E-state index contributed by atoms with van der Waals surface area (Å²) in [4.78, 5) is 37.2. The largest absolute Gasteiger partial charge is 0.358 e. The first-order valence-corrected chi connectivity index (χ1v) is 32.6. The molecule has 526 valence electrons. The molecule has 2 fully saturated rings. The molecule has 21 heteroatoms. The number of aromatic nitrogens is 15. The van der Waals surface area contributed by atoms with E-state index in [0.717, 1.165) is 75.8 Å². The van der Waals surface area contributed by atoms with Gasteiger partial charge in [0, 0.05) is 170 Å². The fourth-order valence-corrected chi connectivity index (χ4v) is 14.5. The van der Waals surface area contributed by atoms with E-state index >= 15 is 0 Å². The van der Waals surface area contributed by atoms with Crippen LogP contribution < -0.4 is 0 Å². The molecule has 0 amide bonds. The average Bonchev–Trinajstić information content (AvgIpc) is 2.01. The average molecular weight is 1310 g/mol. The summed E-state index contributed by atoms with van der Waals surface area (Å²) in [5.74, 6) is 8.39. The van der Waals surface area contributed by atoms with Crippen molar-refractivity contribution in [2.75, 3.05) is 45.5 Å². The summed E-state index contributed by atoms with van der Waals surface area (Å²) < 4.78 is 15.3. The minimum Gasteiger partial charge on any atom is -0.358 e. The Labute approximate surface area is 570 Å². The molecule has 2 unspecified atom stereocenters. The van der Waals surface area contributed by atoms with Crippen LogP contribution in [-0.2, 0) is 105 Å². The van der Waals surface area contributed by atoms with E-state index in [1.165, 1.54) is 214 Å². The highest BCUT2D eigenvalue weighted by atomic mass is 32.2. The number of likely N-dealkylation sites (N-methyl/N-ethyl adjacent to an activating group) is 1. The van der Waals surface area contributed by atoms with E-state index in [1.54, 1.807) is 0 Å². The number of rotatable bonds is 0. The second-order valence-corrected chi connectivity index (χ2v) is 25.3. The summed E-state index contributed by atoms with van der Waals surface area (Å²) in [6.45, 7) is 24.0. The van der Waals surface area contributed by atoms with Gasteiger partial charge in [-0.25, -0.2) is 24.9 Å². The maximum Gasteiger partial charge on any atom is 0.168 e. The summed E-state index contributed by atoms with van der Waals surface area (Å²) in [5.41, 5.74) is 12.3. The molecule has 2 atom stereocenters. The lowest BCUT2D eigenvalue weighted by Gasteiger charge is -2.29. The van der Waals surface area contributed by atoms with Crippen molar-refractivity contribution in [1.82, 2.24) is 87.0 Å². The molecule has 93 heavy (non-hydrogen) atoms. The summed E-state index contributed by atoms with van der Waals surface area (Å²) >= 11 is 1.84. The molecule has 0 radical (unpaired) electrons. The standard InChI is InChI=1S/C8H13N3.C8H14N2.2C7H10N2.C7H12N2.2C7H10N2.C6H9N3.C6H8N2S.9CH4/c1-10-4-3-8-7(5-10)9-6-11(8)2;1-7-9-5-4-8-3-2-6-10(7)8;1-9-5-8-6-3-2-4-7(6)9;1-9-7-4-2-3-6(7)5-8-9;2*1-6-8-5-7-3-2-4-9(6)7;1-6-5-8-7-3-2-4-9(6)7;1-5-7-8-6-3-2-4-9(5)6;1-5-4-7-6-8(5)2-3-9-6;;;;;;;;;/h6H,3-5H2,1-2H3;8H,2-6H2,1H3;2*5H,2-4H2,1H3;7H,2-5H2,1H3;2*5H,2-4H2,1H3;2-4H2,1H3;4H,2-3H2,1H3;9*1H4. The number of hydrogen-bond donors (Lipinski definition) is 0. The van der Waals surface area contributed by atoms with Crippen LogP contribution in [0.1, 0.15) is 219 Å². The fraction of sp³-hybridized carbons (Fsp3) is 0.694. The van der Waals surface area contributed by atoms with Crippen molar-refractivity contribution in [3.05, 3.63) is 112 Å². The maximum absolute atomic E-state index is 4.42. The van der Waals surface area contributed by atoms with Crippen LogP contribution in [0.3, 0.4) is 0 Å². The topological polar surface area (TPSA) is 172 Å². The van der Waals surface area contributed by atoms with Gasteiger partial charge >= 0.3 is 0 Å². The molecule has 0 bridgehead atoms. The van der Waals surface area contributed by atoms with Crippen LogP contribution in [0.25, 0.3) is 0 Å². The van der Waals surface area contributed by atoms with Crippen LogP contribution in [0, 0.1) is 27.7 Å². The summed E-state index contributed by atoms with van der Waals surface area (Å²) in [6, 6.07) is 1.63. The molecule has 0 saturated carbocycles. The first kappa shape index (κ1) is 84.7. The Morgan fingerprint density at radius 2 is 1.04 bits per heavy atom. The summed E-state index contributed by atoms with van der Waals surface area (Å²) in [6.07, 6.45) is 34.4. The smallest absolute Gasteiger partial charge is 0.168 e. The molecule has 11 aliphatic rings. The van der Waals surface area contributed by atoms with Crippen LogP contribution in [0.15, 0.2) is 52.6 Å². The normalized spacial score (nSPS) is 18.1. The zero-order valence-electron chi connectivity index (χ0n) is 52.5. The fourth-order valence-electron chi connectivity index (χ4n) is 13.5. The Balaban J connectivity index is 0.000000517. The molecule has 7 aromatic rings. The van der Waals surface area contributed by atoms with E-state index in [2.05, 4.69) is 148 Å². The predicted octanol–water partition coefficient (Wildman–Crippen LogP) is 14.2. The SMILES string of the molecule is C.C.C.C.C.C.C.C.C.CC1=NCC2CCCN12.CC1=NCCC2CCCN12.CN1CCc2c(ncn2C)C1.Cc1cnc2n1CCC2.Cc1cnc2n1CCS2.Cc1ncc2n1CCC2.Cc1nnc2n1CCC2.Cn1cnc2c1CCC2.Cn1ncc2c1CCC2. The molecule has 18 rings (SSSR count). The van der Waals surface area contributed by atoms with Gasteiger partial charge in [-0.05, 0) is 150 Å². The molecule has 2 aliphatic carbocycles. The second-order valence-electron chi connectivity index (χ2n) is 24.2. The van der Waals surface area contributed by atoms with E-state index in [9.17, 15) is 0 Å². The number of imidazole rings is 5. The number of aryl methyl sites for hydroxylation is 12. The van der Waals surface area contributed by atoms with Crippen LogP contribution in [0.5, 0.6) is 0 Å². The third-order valence-corrected chi connectivity index (χ3v) is 19.4. The van der Waals surface area contributed by atoms with E-state index in [-0.39, 0.29) is 66.8 Å². The van der Waals surface area contributed by atoms with E-state index < -0.39 is 0 Å². The zero-order chi connectivity index (χ0) is 58.7. The van der Waals surface area contributed by atoms with Crippen LogP contribution in [0.4, 0.5) is 0 Å². The zero-order valence-corrected chi connectivity index (χ0v) is 53.3. The Hall–Kier alpha value is -6.35. The summed E-state index contributed by atoms with van der Waals surface area (Å²) in [5, 5.41) is 13.3. The molecule has 16 heterocycles. The number of fused-ring (bicyclic) bond motifs is 9. The lowest BCUT2D eigenvalue weighted by atomic mass is 10.1. The third kappa shape index (κ3) is 21.1. The minimum atomic E-state index is 0. The molecular formula is C72H132N20S. The lowest BCUT2D eigenvalue weighted by molar-refractivity contribution is 0.305. The van der Waals surface area contributed by atoms with E-state index in [4.69, 9.17) is 0 Å². The van der Waals surface area contributed by atoms with Gasteiger partial charge in [-0.1, -0.05) is 78.6 Å². The Morgan fingerprint density at radius 3 is 1.70 bits per heavy atom. The highest BCUT2D eigenvalue weighted by Crippen LogP contribution is 2.27. The van der Waals surface area contributed by atoms with Gasteiger partial charge in [0.15, 0.2) is 5.16 Å². The highest BCUT2D eigenvalue weighted by Gasteiger charge is 2.29. The number of thioether (sulfide) groups is 1. The highest BCUT2D eigenvalue weighted by molar-refractivity contribution is 7.99. The van der Waals surface area contributed by atoms with Gasteiger partial charge in [0.2, 0.25) is 0 Å². The Kier molecular flexibility index (Phi) is 36.5. The number of hydrogen-bond acceptors (Lipinski definition) is 14. The lowest BCUT2D eigenvalue weighted by Crippen LogP contribution is -2.37. The van der Waals surface area contributed by atoms with Crippen molar-refractivity contribution in [1.29, 1.82) is 0 Å². The van der Waals surface area contributed by atoms with Crippen molar-refractivity contribution in [2.24, 2.45) is 31.1 Å². The molecule has 2 saturated heterocycles. The van der Waals surface area contributed by atoms with Crippen LogP contribution in [0.2, 0.25) is 0 Å². The number of amidine groups is 2. The monoisotopic (exact) mass is 1310 g/mol. The van der Waals surface area contributed by atoms with Crippen LogP contribution in [-0.4, -0.2) is 156 Å². The van der Waals surface area contributed by atoms with Gasteiger partial charge in [-0.3, -0.25) is 14.7 Å². The van der Waals surface area contributed by atoms with Crippen molar-refractivity contribution in [3.63, 3.8) is 0 Å². The quantitative estimate of drug-likeness (QED) is 0.141. The van der Waals surface area contributed by atoms with Crippen molar-refractivity contribution >= 4 is 23.4 Å². The molecule has 7 aromatic heterocycles. The Morgan fingerprint density at radius 1 is 0.441 bits per heavy atom. The minimum absolute atomic E-state index is 0. The molecular weight excluding hydrogens is 1180 g/mol. The van der Waals surface area contributed by atoms with Gasteiger partial charge in [0.1, 0.15) is 23.3 Å². The molecule has 0 N–H and O–H groups in total. The van der Waals surface area contributed by atoms with Gasteiger partial charge in [-0.2, -0.15) is 5.10 Å². The number of nitrogens with zero attached hydrogens (tertiary/aromatic N) is 20. The van der Waals surface area contributed by atoms with Crippen LogP contribution >= 0.6 is 11.8 Å². The first-order valence-electron chi connectivity index (χ1n) is 31.6. The second kappa shape index (κ2) is 40.1. The summed E-state index contributed by atoms with van der Waals surface area (Å²) in [7, 11) is 8.29. The van der Waals surface area contributed by atoms with Crippen molar-refractivity contribution in [2.45, 2.75) is 274 Å². The van der Waals surface area contributed by atoms with Gasteiger partial charge < -0.3 is 42.1 Å². The maximum atomic E-state index is 4.42. The molecule has 0 spiro atoms. The van der Waals surface area contributed by atoms with E-state index in [1.807, 2.05) is 67.9 Å². The molecule has 0 aromatic carbocycles. The number of aliphatic imine (C=N–C) groups is 2. The van der Waals surface area contributed by atoms with Gasteiger partial charge in [-0.15, -0.1) is 10.2 Å².